The van der Waals surface area contributed by atoms with Crippen molar-refractivity contribution in [2.75, 3.05) is 26.4 Å². The molecule has 8 nitrogen and oxygen atoms in total. The molecule has 1 atom stereocenters. The first kappa shape index (κ1) is 29.8. The highest BCUT2D eigenvalue weighted by Crippen LogP contribution is 2.36. The lowest BCUT2D eigenvalue weighted by Gasteiger charge is -2.34. The molecule has 0 radical (unpaired) electrons. The van der Waals surface area contributed by atoms with Crippen LogP contribution in [0.4, 0.5) is 0 Å². The molecule has 0 heterocycles. The molecule has 1 aromatic rings. The molecule has 0 spiro atoms. The predicted molar refractivity (Wildman–Crippen MR) is 133 cm³/mol. The van der Waals surface area contributed by atoms with Gasteiger partial charge in [0.25, 0.3) is 0 Å². The van der Waals surface area contributed by atoms with Crippen LogP contribution in [-0.4, -0.2) is 52.3 Å². The van der Waals surface area contributed by atoms with Crippen molar-refractivity contribution in [3.8, 4) is 11.5 Å². The number of ether oxygens (including phenoxy) is 2. The van der Waals surface area contributed by atoms with Crippen molar-refractivity contribution in [3.63, 3.8) is 0 Å². The normalized spacial score (nSPS) is 12.6. The zero-order chi connectivity index (χ0) is 25.4. The van der Waals surface area contributed by atoms with Crippen LogP contribution in [0, 0.1) is 0 Å². The number of benzene rings is 1. The molecule has 9 heteroatoms. The topological polar surface area (TPSA) is 101 Å². The van der Waals surface area contributed by atoms with Crippen LogP contribution in [0.15, 0.2) is 24.3 Å². The van der Waals surface area contributed by atoms with Gasteiger partial charge in [-0.2, -0.15) is 0 Å². The molecule has 1 N–H and O–H groups in total. The SMILES string of the molecule is CCCCOc1ccc(/C=C/C(=O)O)cc1OC(=O)C(CCCC)[Si](OCC)(OCC)OCC. The van der Waals surface area contributed by atoms with E-state index in [9.17, 15) is 9.59 Å². The van der Waals surface area contributed by atoms with E-state index in [1.165, 1.54) is 6.08 Å². The number of unbranched alkanes of at least 4 members (excludes halogenated alkanes) is 2. The second-order valence-electron chi connectivity index (χ2n) is 7.60. The third-order valence-corrected chi connectivity index (χ3v) is 8.40. The molecule has 1 rings (SSSR count). The molecular formula is C25H40O8Si. The standard InChI is InChI=1S/C25H40O8Si/c1-6-11-13-23(34(30-8-3,31-9-4)32-10-5)25(28)33-22-19-20(15-17-24(26)27)14-16-21(22)29-18-12-7-2/h14-17,19,23H,6-13,18H2,1-5H3,(H,26,27)/b17-15+. The average Bonchev–Trinajstić information content (AvgIpc) is 2.79. The van der Waals surface area contributed by atoms with Crippen LogP contribution in [0.3, 0.4) is 0 Å². The summed E-state index contributed by atoms with van der Waals surface area (Å²) in [6.07, 6.45) is 6.44. The fraction of sp³-hybridized carbons (Fsp3) is 0.600. The van der Waals surface area contributed by atoms with Crippen molar-refractivity contribution in [1.82, 2.24) is 0 Å². The zero-order valence-electron chi connectivity index (χ0n) is 21.1. The fourth-order valence-corrected chi connectivity index (χ4v) is 6.34. The van der Waals surface area contributed by atoms with E-state index in [0.717, 1.165) is 31.8 Å². The maximum Gasteiger partial charge on any atom is 0.515 e. The summed E-state index contributed by atoms with van der Waals surface area (Å²) in [6, 6.07) is 4.99. The van der Waals surface area contributed by atoms with Crippen LogP contribution in [0.2, 0.25) is 5.54 Å². The lowest BCUT2D eigenvalue weighted by molar-refractivity contribution is -0.136. The second kappa shape index (κ2) is 16.4. The Kier molecular flexibility index (Phi) is 14.4. The summed E-state index contributed by atoms with van der Waals surface area (Å²) in [5.41, 5.74) is -0.130. The quantitative estimate of drug-likeness (QED) is 0.0938. The Balaban J connectivity index is 3.36. The molecule has 0 saturated heterocycles. The van der Waals surface area contributed by atoms with E-state index >= 15 is 0 Å². The number of carboxylic acids is 1. The third kappa shape index (κ3) is 9.58. The molecule has 0 bridgehead atoms. The first-order valence-corrected chi connectivity index (χ1v) is 14.0. The summed E-state index contributed by atoms with van der Waals surface area (Å²) in [5, 5.41) is 8.95. The van der Waals surface area contributed by atoms with Gasteiger partial charge in [-0.15, -0.1) is 0 Å². The Labute approximate surface area is 204 Å². The molecule has 0 amide bonds. The van der Waals surface area contributed by atoms with Gasteiger partial charge < -0.3 is 27.9 Å². The Morgan fingerprint density at radius 2 is 1.56 bits per heavy atom. The number of hydrogen-bond donors (Lipinski definition) is 1. The van der Waals surface area contributed by atoms with E-state index in [4.69, 9.17) is 27.9 Å². The van der Waals surface area contributed by atoms with Crippen molar-refractivity contribution in [2.24, 2.45) is 0 Å². The van der Waals surface area contributed by atoms with E-state index in [2.05, 4.69) is 6.92 Å². The Bertz CT molecular complexity index is 763. The number of carbonyl (C=O) groups excluding carboxylic acids is 1. The smallest absolute Gasteiger partial charge is 0.490 e. The number of rotatable bonds is 18. The number of aliphatic carboxylic acids is 1. The molecule has 1 unspecified atom stereocenters. The van der Waals surface area contributed by atoms with Gasteiger partial charge in [0.1, 0.15) is 5.54 Å². The molecular weight excluding hydrogens is 456 g/mol. The summed E-state index contributed by atoms with van der Waals surface area (Å²) in [5.74, 6) is -0.930. The fourth-order valence-electron chi connectivity index (χ4n) is 3.38. The van der Waals surface area contributed by atoms with Gasteiger partial charge in [-0.3, -0.25) is 4.79 Å². The van der Waals surface area contributed by atoms with Crippen LogP contribution >= 0.6 is 0 Å². The van der Waals surface area contributed by atoms with Crippen LogP contribution in [0.1, 0.15) is 72.3 Å². The van der Waals surface area contributed by atoms with Crippen molar-refractivity contribution in [2.45, 2.75) is 72.3 Å². The average molecular weight is 497 g/mol. The van der Waals surface area contributed by atoms with Gasteiger partial charge in [-0.05, 0) is 57.4 Å². The van der Waals surface area contributed by atoms with Gasteiger partial charge in [0.05, 0.1) is 6.61 Å². The number of esters is 1. The largest absolute Gasteiger partial charge is 0.515 e. The van der Waals surface area contributed by atoms with Crippen LogP contribution in [-0.2, 0) is 22.9 Å². The third-order valence-electron chi connectivity index (χ3n) is 4.95. The van der Waals surface area contributed by atoms with E-state index in [1.54, 1.807) is 18.2 Å². The minimum atomic E-state index is -3.38. The van der Waals surface area contributed by atoms with Gasteiger partial charge >= 0.3 is 20.7 Å². The monoisotopic (exact) mass is 496 g/mol. The highest BCUT2D eigenvalue weighted by molar-refractivity contribution is 6.66. The summed E-state index contributed by atoms with van der Waals surface area (Å²) in [4.78, 5) is 24.5. The number of carboxylic acid groups (broad SMARTS) is 1. The molecule has 0 fully saturated rings. The van der Waals surface area contributed by atoms with Crippen molar-refractivity contribution in [1.29, 1.82) is 0 Å². The van der Waals surface area contributed by atoms with E-state index < -0.39 is 26.3 Å². The lowest BCUT2D eigenvalue weighted by atomic mass is 10.1. The molecule has 34 heavy (non-hydrogen) atoms. The minimum Gasteiger partial charge on any atom is -0.490 e. The summed E-state index contributed by atoms with van der Waals surface area (Å²) >= 11 is 0. The molecule has 192 valence electrons. The highest BCUT2D eigenvalue weighted by atomic mass is 28.4. The van der Waals surface area contributed by atoms with E-state index in [0.29, 0.717) is 44.2 Å². The first-order valence-electron chi connectivity index (χ1n) is 12.2. The van der Waals surface area contributed by atoms with Crippen molar-refractivity contribution >= 4 is 26.8 Å². The van der Waals surface area contributed by atoms with Gasteiger partial charge in [-0.1, -0.05) is 39.2 Å². The van der Waals surface area contributed by atoms with Crippen molar-refractivity contribution in [3.05, 3.63) is 29.8 Å². The maximum atomic E-state index is 13.6. The maximum absolute atomic E-state index is 13.6. The molecule has 0 aliphatic heterocycles. The Morgan fingerprint density at radius 3 is 2.09 bits per heavy atom. The van der Waals surface area contributed by atoms with Gasteiger partial charge in [-0.25, -0.2) is 4.79 Å². The summed E-state index contributed by atoms with van der Waals surface area (Å²) in [7, 11) is -3.38. The van der Waals surface area contributed by atoms with Crippen LogP contribution in [0.5, 0.6) is 11.5 Å². The Morgan fingerprint density at radius 1 is 0.941 bits per heavy atom. The van der Waals surface area contributed by atoms with Crippen molar-refractivity contribution < 1.29 is 37.4 Å². The van der Waals surface area contributed by atoms with Gasteiger partial charge in [0, 0.05) is 25.9 Å². The molecule has 0 saturated carbocycles. The van der Waals surface area contributed by atoms with E-state index in [1.807, 2.05) is 27.7 Å². The zero-order valence-corrected chi connectivity index (χ0v) is 22.1. The van der Waals surface area contributed by atoms with Gasteiger partial charge in [0.2, 0.25) is 0 Å². The Hall–Kier alpha value is -2.20. The summed E-state index contributed by atoms with van der Waals surface area (Å²) in [6.45, 7) is 11.2. The van der Waals surface area contributed by atoms with Gasteiger partial charge in [0.15, 0.2) is 11.5 Å². The predicted octanol–water partition coefficient (Wildman–Crippen LogP) is 5.48. The highest BCUT2D eigenvalue weighted by Gasteiger charge is 2.53. The van der Waals surface area contributed by atoms with Crippen LogP contribution in [0.25, 0.3) is 6.08 Å². The van der Waals surface area contributed by atoms with Crippen LogP contribution < -0.4 is 9.47 Å². The first-order chi connectivity index (χ1) is 16.4. The number of hydrogen-bond acceptors (Lipinski definition) is 7. The second-order valence-corrected chi connectivity index (χ2v) is 10.4. The molecule has 0 aliphatic rings. The molecule has 0 aliphatic carbocycles. The minimum absolute atomic E-state index is 0.225. The molecule has 1 aromatic carbocycles. The lowest BCUT2D eigenvalue weighted by Crippen LogP contribution is -2.53. The molecule has 0 aromatic heterocycles. The van der Waals surface area contributed by atoms with E-state index in [-0.39, 0.29) is 5.75 Å². The summed E-state index contributed by atoms with van der Waals surface area (Å²) < 4.78 is 29.8. The number of carbonyl (C=O) groups is 2.